The Balaban J connectivity index is 2.14. The highest BCUT2D eigenvalue weighted by Gasteiger charge is 2.12. The number of hydrogen-bond donors (Lipinski definition) is 1. The van der Waals surface area contributed by atoms with E-state index in [4.69, 9.17) is 11.6 Å². The highest BCUT2D eigenvalue weighted by Crippen LogP contribution is 2.28. The average Bonchev–Trinajstić information content (AvgIpc) is 2.50. The van der Waals surface area contributed by atoms with Gasteiger partial charge in [0.2, 0.25) is 5.91 Å². The van der Waals surface area contributed by atoms with Crippen LogP contribution in [0, 0.1) is 0 Å². The third kappa shape index (κ3) is 4.19. The Morgan fingerprint density at radius 2 is 2.04 bits per heavy atom. The molecule has 1 N–H and O–H groups in total. The Hall–Kier alpha value is -2.68. The minimum absolute atomic E-state index is 0.124. The number of hydrogen-bond acceptors (Lipinski definition) is 4. The minimum atomic E-state index is -3.02. The molecule has 1 aromatic carbocycles. The Labute approximate surface area is 139 Å². The highest BCUT2D eigenvalue weighted by atomic mass is 35.5. The van der Waals surface area contributed by atoms with Gasteiger partial charge >= 0.3 is 12.3 Å². The van der Waals surface area contributed by atoms with Crippen molar-refractivity contribution in [2.75, 3.05) is 5.32 Å². The molecule has 10 heteroatoms. The van der Waals surface area contributed by atoms with Crippen LogP contribution in [-0.4, -0.2) is 21.7 Å². The molecule has 128 valence electrons. The number of carbonyl (C=O) groups is 1. The van der Waals surface area contributed by atoms with Crippen LogP contribution in [0.25, 0.3) is 0 Å². The molecular weight excluding hydrogens is 348 g/mol. The zero-order valence-electron chi connectivity index (χ0n) is 12.3. The summed E-state index contributed by atoms with van der Waals surface area (Å²) in [5, 5.41) is 2.29. The summed E-state index contributed by atoms with van der Waals surface area (Å²) >= 11 is 5.77. The number of aromatic nitrogens is 2. The third-order valence-corrected chi connectivity index (χ3v) is 3.27. The fourth-order valence-corrected chi connectivity index (χ4v) is 2.10. The number of benzene rings is 1. The molecular formula is C14H12ClF2N3O4. The maximum Gasteiger partial charge on any atom is 0.387 e. The molecule has 0 radical (unpaired) electrons. The first-order chi connectivity index (χ1) is 11.3. The van der Waals surface area contributed by atoms with Crippen molar-refractivity contribution >= 4 is 23.2 Å². The number of rotatable bonds is 5. The summed E-state index contributed by atoms with van der Waals surface area (Å²) in [4.78, 5) is 35.4. The summed E-state index contributed by atoms with van der Waals surface area (Å²) in [6.07, 6.45) is 1.29. The van der Waals surface area contributed by atoms with Crippen LogP contribution in [0.2, 0.25) is 5.02 Å². The number of amides is 1. The van der Waals surface area contributed by atoms with E-state index in [9.17, 15) is 23.2 Å². The molecule has 1 amide bonds. The van der Waals surface area contributed by atoms with Gasteiger partial charge in [0, 0.05) is 25.0 Å². The molecule has 0 spiro atoms. The van der Waals surface area contributed by atoms with Gasteiger partial charge in [-0.25, -0.2) is 4.79 Å². The second kappa shape index (κ2) is 7.26. The second-order valence-corrected chi connectivity index (χ2v) is 5.11. The zero-order valence-corrected chi connectivity index (χ0v) is 13.1. The summed E-state index contributed by atoms with van der Waals surface area (Å²) in [6.45, 7) is -3.52. The van der Waals surface area contributed by atoms with Crippen molar-refractivity contribution in [1.29, 1.82) is 0 Å². The number of nitrogens with zero attached hydrogens (tertiary/aromatic N) is 2. The molecule has 0 unspecified atom stereocenters. The topological polar surface area (TPSA) is 82.3 Å². The summed E-state index contributed by atoms with van der Waals surface area (Å²) < 4.78 is 30.4. The van der Waals surface area contributed by atoms with E-state index in [2.05, 4.69) is 10.1 Å². The number of alkyl halides is 2. The van der Waals surface area contributed by atoms with E-state index >= 15 is 0 Å². The molecule has 1 heterocycles. The molecule has 0 atom stereocenters. The smallest absolute Gasteiger partial charge is 0.387 e. The van der Waals surface area contributed by atoms with Gasteiger partial charge in [0.25, 0.3) is 5.56 Å². The second-order valence-electron chi connectivity index (χ2n) is 4.71. The Morgan fingerprint density at radius 3 is 2.67 bits per heavy atom. The van der Waals surface area contributed by atoms with Gasteiger partial charge in [-0.2, -0.15) is 8.78 Å². The van der Waals surface area contributed by atoms with Crippen molar-refractivity contribution < 1.29 is 18.3 Å². The van der Waals surface area contributed by atoms with Crippen molar-refractivity contribution in [2.24, 2.45) is 7.05 Å². The molecule has 2 aromatic rings. The molecule has 7 nitrogen and oxygen atoms in total. The first-order valence-corrected chi connectivity index (χ1v) is 6.96. The Kier molecular flexibility index (Phi) is 5.35. The first-order valence-electron chi connectivity index (χ1n) is 6.58. The molecule has 0 bridgehead atoms. The molecule has 1 aromatic heterocycles. The van der Waals surface area contributed by atoms with Crippen LogP contribution in [-0.2, 0) is 18.4 Å². The SMILES string of the molecule is Cn1ccc(=O)n(CC(=O)Nc2ccc(OC(F)F)c(Cl)c2)c1=O. The minimum Gasteiger partial charge on any atom is -0.433 e. The quantitative estimate of drug-likeness (QED) is 0.875. The van der Waals surface area contributed by atoms with Crippen LogP contribution < -0.4 is 21.3 Å². The standard InChI is InChI=1S/C14H12ClF2N3O4/c1-19-5-4-12(22)20(14(19)23)7-11(21)18-8-2-3-10(9(15)6-8)24-13(16)17/h2-6,13H,7H2,1H3,(H,18,21). The summed E-state index contributed by atoms with van der Waals surface area (Å²) in [5.41, 5.74) is -1.06. The van der Waals surface area contributed by atoms with Gasteiger partial charge in [-0.1, -0.05) is 11.6 Å². The van der Waals surface area contributed by atoms with E-state index in [0.29, 0.717) is 0 Å². The maximum atomic E-state index is 12.1. The van der Waals surface area contributed by atoms with E-state index in [1.165, 1.54) is 25.4 Å². The normalized spacial score (nSPS) is 10.7. The van der Waals surface area contributed by atoms with Gasteiger partial charge in [-0.15, -0.1) is 0 Å². The van der Waals surface area contributed by atoms with Gasteiger partial charge in [0.05, 0.1) is 5.02 Å². The van der Waals surface area contributed by atoms with Crippen LogP contribution in [0.1, 0.15) is 0 Å². The number of anilines is 1. The van der Waals surface area contributed by atoms with Crippen molar-refractivity contribution in [3.05, 3.63) is 56.3 Å². The predicted octanol–water partition coefficient (Wildman–Crippen LogP) is 1.44. The van der Waals surface area contributed by atoms with Gasteiger partial charge < -0.3 is 14.6 Å². The molecule has 0 saturated carbocycles. The highest BCUT2D eigenvalue weighted by molar-refractivity contribution is 6.32. The number of nitrogens with one attached hydrogen (secondary N) is 1. The van der Waals surface area contributed by atoms with Crippen molar-refractivity contribution in [3.8, 4) is 5.75 Å². The number of aryl methyl sites for hydroxylation is 1. The van der Waals surface area contributed by atoms with Crippen molar-refractivity contribution in [3.63, 3.8) is 0 Å². The number of carbonyl (C=O) groups excluding carboxylic acids is 1. The van der Waals surface area contributed by atoms with Gasteiger partial charge in [-0.3, -0.25) is 14.2 Å². The lowest BCUT2D eigenvalue weighted by atomic mass is 10.3. The lowest BCUT2D eigenvalue weighted by Gasteiger charge is -2.10. The average molecular weight is 360 g/mol. The monoisotopic (exact) mass is 359 g/mol. The van der Waals surface area contributed by atoms with E-state index in [0.717, 1.165) is 21.3 Å². The summed E-state index contributed by atoms with van der Waals surface area (Å²) in [5.74, 6) is -0.892. The van der Waals surface area contributed by atoms with Crippen molar-refractivity contribution in [1.82, 2.24) is 9.13 Å². The third-order valence-electron chi connectivity index (χ3n) is 2.97. The van der Waals surface area contributed by atoms with E-state index < -0.39 is 30.3 Å². The first kappa shape index (κ1) is 17.7. The molecule has 0 fully saturated rings. The van der Waals surface area contributed by atoms with Crippen molar-refractivity contribution in [2.45, 2.75) is 13.2 Å². The largest absolute Gasteiger partial charge is 0.433 e. The molecule has 24 heavy (non-hydrogen) atoms. The number of halogens is 3. The summed E-state index contributed by atoms with van der Waals surface area (Å²) in [7, 11) is 1.44. The van der Waals surface area contributed by atoms with E-state index in [1.54, 1.807) is 0 Å². The molecule has 2 rings (SSSR count). The lowest BCUT2D eigenvalue weighted by molar-refractivity contribution is -0.116. The molecule has 0 aliphatic carbocycles. The van der Waals surface area contributed by atoms with Crippen LogP contribution in [0.15, 0.2) is 40.1 Å². The number of ether oxygens (including phenoxy) is 1. The molecule has 0 aliphatic rings. The van der Waals surface area contributed by atoms with Crippen LogP contribution in [0.4, 0.5) is 14.5 Å². The maximum absolute atomic E-state index is 12.1. The van der Waals surface area contributed by atoms with Crippen LogP contribution >= 0.6 is 11.6 Å². The van der Waals surface area contributed by atoms with Gasteiger partial charge in [0.1, 0.15) is 12.3 Å². The van der Waals surface area contributed by atoms with Gasteiger partial charge in [0.15, 0.2) is 0 Å². The fourth-order valence-electron chi connectivity index (χ4n) is 1.87. The summed E-state index contributed by atoms with van der Waals surface area (Å²) in [6, 6.07) is 4.83. The van der Waals surface area contributed by atoms with E-state index in [-0.39, 0.29) is 16.5 Å². The lowest BCUT2D eigenvalue weighted by Crippen LogP contribution is -2.40. The van der Waals surface area contributed by atoms with Gasteiger partial charge in [-0.05, 0) is 18.2 Å². The Morgan fingerprint density at radius 1 is 1.33 bits per heavy atom. The van der Waals surface area contributed by atoms with Crippen LogP contribution in [0.3, 0.4) is 0 Å². The zero-order chi connectivity index (χ0) is 17.9. The van der Waals surface area contributed by atoms with Crippen LogP contribution in [0.5, 0.6) is 5.75 Å². The molecule has 0 saturated heterocycles. The molecule has 0 aliphatic heterocycles. The predicted molar refractivity (Wildman–Crippen MR) is 82.7 cm³/mol. The Bertz CT molecular complexity index is 879. The van der Waals surface area contributed by atoms with E-state index in [1.807, 2.05) is 0 Å². The fraction of sp³-hybridized carbons (Fsp3) is 0.214.